The van der Waals surface area contributed by atoms with E-state index >= 15 is 0 Å². The van der Waals surface area contributed by atoms with Gasteiger partial charge in [0.25, 0.3) is 0 Å². The SMILES string of the molecule is O=Cc1c(Cl)ncnc1Sc1ccc(Br)cc1. The number of carbonyl (C=O) groups is 1. The lowest BCUT2D eigenvalue weighted by atomic mass is 10.4. The first-order valence-corrected chi connectivity index (χ1v) is 6.58. The first-order valence-electron chi connectivity index (χ1n) is 4.60. The van der Waals surface area contributed by atoms with Crippen molar-refractivity contribution in [3.05, 3.63) is 45.8 Å². The van der Waals surface area contributed by atoms with Gasteiger partial charge >= 0.3 is 0 Å². The molecule has 0 spiro atoms. The fourth-order valence-electron chi connectivity index (χ4n) is 1.15. The Morgan fingerprint density at radius 2 is 1.94 bits per heavy atom. The van der Waals surface area contributed by atoms with E-state index in [1.165, 1.54) is 18.1 Å². The number of halogens is 2. The molecule has 0 saturated carbocycles. The summed E-state index contributed by atoms with van der Waals surface area (Å²) in [4.78, 5) is 19.7. The van der Waals surface area contributed by atoms with Crippen LogP contribution in [0, 0.1) is 0 Å². The maximum atomic E-state index is 10.9. The Kier molecular flexibility index (Phi) is 4.15. The minimum atomic E-state index is 0.176. The van der Waals surface area contributed by atoms with E-state index in [9.17, 15) is 4.79 Å². The fraction of sp³-hybridized carbons (Fsp3) is 0. The Morgan fingerprint density at radius 3 is 2.59 bits per heavy atom. The molecule has 6 heteroatoms. The van der Waals surface area contributed by atoms with Crippen LogP contribution in [0.25, 0.3) is 0 Å². The van der Waals surface area contributed by atoms with Crippen molar-refractivity contribution in [3.8, 4) is 0 Å². The summed E-state index contributed by atoms with van der Waals surface area (Å²) in [7, 11) is 0. The number of nitrogens with zero attached hydrogens (tertiary/aromatic N) is 2. The highest BCUT2D eigenvalue weighted by molar-refractivity contribution is 9.10. The van der Waals surface area contributed by atoms with E-state index in [0.29, 0.717) is 16.9 Å². The zero-order valence-electron chi connectivity index (χ0n) is 8.43. The number of aldehydes is 1. The molecule has 0 aliphatic heterocycles. The van der Waals surface area contributed by atoms with Gasteiger partial charge in [-0.25, -0.2) is 9.97 Å². The Morgan fingerprint density at radius 1 is 1.24 bits per heavy atom. The Balaban J connectivity index is 2.33. The van der Waals surface area contributed by atoms with Gasteiger partial charge in [0.2, 0.25) is 0 Å². The molecule has 1 heterocycles. The van der Waals surface area contributed by atoms with Gasteiger partial charge in [-0.2, -0.15) is 0 Å². The molecule has 0 aliphatic carbocycles. The van der Waals surface area contributed by atoms with Crippen LogP contribution in [0.5, 0.6) is 0 Å². The molecule has 3 nitrogen and oxygen atoms in total. The second kappa shape index (κ2) is 5.62. The van der Waals surface area contributed by atoms with E-state index in [0.717, 1.165) is 9.37 Å². The van der Waals surface area contributed by atoms with Gasteiger partial charge in [-0.05, 0) is 24.3 Å². The number of carbonyl (C=O) groups excluding carboxylic acids is 1. The van der Waals surface area contributed by atoms with Crippen LogP contribution in [0.3, 0.4) is 0 Å². The average Bonchev–Trinajstić information content (AvgIpc) is 2.32. The molecule has 0 amide bonds. The number of hydrogen-bond acceptors (Lipinski definition) is 4. The average molecular weight is 330 g/mol. The molecule has 0 bridgehead atoms. The Labute approximate surface area is 116 Å². The predicted molar refractivity (Wildman–Crippen MR) is 70.7 cm³/mol. The molecular weight excluding hydrogens is 324 g/mol. The predicted octanol–water partition coefficient (Wildman–Crippen LogP) is 3.86. The van der Waals surface area contributed by atoms with Crippen LogP contribution in [0.4, 0.5) is 0 Å². The molecule has 1 aromatic heterocycles. The maximum Gasteiger partial charge on any atom is 0.155 e. The second-order valence-electron chi connectivity index (χ2n) is 3.06. The van der Waals surface area contributed by atoms with Gasteiger partial charge in [-0.1, -0.05) is 39.3 Å². The zero-order chi connectivity index (χ0) is 12.3. The molecule has 0 radical (unpaired) electrons. The van der Waals surface area contributed by atoms with E-state index in [2.05, 4.69) is 25.9 Å². The van der Waals surface area contributed by atoms with Crippen LogP contribution in [0.2, 0.25) is 5.15 Å². The van der Waals surface area contributed by atoms with Gasteiger partial charge in [0.15, 0.2) is 6.29 Å². The van der Waals surface area contributed by atoms with Gasteiger partial charge in [-0.3, -0.25) is 4.79 Å². The summed E-state index contributed by atoms with van der Waals surface area (Å²) in [6, 6.07) is 7.70. The van der Waals surface area contributed by atoms with Crippen molar-refractivity contribution in [2.24, 2.45) is 0 Å². The number of aromatic nitrogens is 2. The van der Waals surface area contributed by atoms with Crippen LogP contribution in [0.15, 0.2) is 45.0 Å². The van der Waals surface area contributed by atoms with Gasteiger partial charge in [0.1, 0.15) is 16.5 Å². The molecule has 0 atom stereocenters. The number of benzene rings is 1. The third kappa shape index (κ3) is 3.06. The largest absolute Gasteiger partial charge is 0.298 e. The fourth-order valence-corrected chi connectivity index (χ4v) is 2.50. The van der Waals surface area contributed by atoms with Crippen LogP contribution in [0.1, 0.15) is 10.4 Å². The summed E-state index contributed by atoms with van der Waals surface area (Å²) < 4.78 is 0.998. The van der Waals surface area contributed by atoms with Crippen molar-refractivity contribution in [1.82, 2.24) is 9.97 Å². The first-order chi connectivity index (χ1) is 8.20. The zero-order valence-corrected chi connectivity index (χ0v) is 11.6. The van der Waals surface area contributed by atoms with Crippen LogP contribution in [-0.2, 0) is 0 Å². The van der Waals surface area contributed by atoms with Crippen LogP contribution in [-0.4, -0.2) is 16.3 Å². The molecule has 0 unspecified atom stereocenters. The van der Waals surface area contributed by atoms with Gasteiger partial charge in [0.05, 0.1) is 5.56 Å². The van der Waals surface area contributed by atoms with Crippen molar-refractivity contribution in [3.63, 3.8) is 0 Å². The molecule has 86 valence electrons. The Bertz CT molecular complexity index is 548. The number of rotatable bonds is 3. The van der Waals surface area contributed by atoms with E-state index in [-0.39, 0.29) is 5.15 Å². The highest BCUT2D eigenvalue weighted by atomic mass is 79.9. The maximum absolute atomic E-state index is 10.9. The van der Waals surface area contributed by atoms with Crippen LogP contribution >= 0.6 is 39.3 Å². The lowest BCUT2D eigenvalue weighted by Crippen LogP contribution is -1.93. The third-order valence-electron chi connectivity index (χ3n) is 1.94. The quantitative estimate of drug-likeness (QED) is 0.633. The molecule has 1 aromatic carbocycles. The molecule has 0 aliphatic rings. The highest BCUT2D eigenvalue weighted by Gasteiger charge is 2.10. The summed E-state index contributed by atoms with van der Waals surface area (Å²) in [5, 5.41) is 0.733. The van der Waals surface area contributed by atoms with Crippen molar-refractivity contribution < 1.29 is 4.79 Å². The smallest absolute Gasteiger partial charge is 0.155 e. The molecule has 2 aromatic rings. The lowest BCUT2D eigenvalue weighted by Gasteiger charge is -2.04. The molecule has 0 saturated heterocycles. The lowest BCUT2D eigenvalue weighted by molar-refractivity contribution is 0.112. The minimum absolute atomic E-state index is 0.176. The summed E-state index contributed by atoms with van der Waals surface area (Å²) in [5.41, 5.74) is 0.321. The van der Waals surface area contributed by atoms with Crippen molar-refractivity contribution in [1.29, 1.82) is 0 Å². The van der Waals surface area contributed by atoms with Crippen molar-refractivity contribution >= 4 is 45.6 Å². The monoisotopic (exact) mass is 328 g/mol. The molecule has 0 N–H and O–H groups in total. The van der Waals surface area contributed by atoms with E-state index in [4.69, 9.17) is 11.6 Å². The number of hydrogen-bond donors (Lipinski definition) is 0. The molecule has 17 heavy (non-hydrogen) atoms. The first kappa shape index (κ1) is 12.5. The summed E-state index contributed by atoms with van der Waals surface area (Å²) in [5.74, 6) is 0. The second-order valence-corrected chi connectivity index (χ2v) is 5.39. The summed E-state index contributed by atoms with van der Waals surface area (Å²) >= 11 is 10.6. The highest BCUT2D eigenvalue weighted by Crippen LogP contribution is 2.30. The standard InChI is InChI=1S/C11H6BrClN2OS/c12-7-1-3-8(4-2-7)17-11-9(5-16)10(13)14-6-15-11/h1-6H. The molecular formula is C11H6BrClN2OS. The Hall–Kier alpha value is -0.910. The van der Waals surface area contributed by atoms with E-state index < -0.39 is 0 Å². The van der Waals surface area contributed by atoms with Crippen LogP contribution < -0.4 is 0 Å². The van der Waals surface area contributed by atoms with E-state index in [1.54, 1.807) is 0 Å². The third-order valence-corrected chi connectivity index (χ3v) is 3.80. The van der Waals surface area contributed by atoms with Gasteiger partial charge < -0.3 is 0 Å². The normalized spacial score (nSPS) is 10.2. The van der Waals surface area contributed by atoms with Gasteiger partial charge in [0, 0.05) is 9.37 Å². The molecule has 2 rings (SSSR count). The van der Waals surface area contributed by atoms with Crippen molar-refractivity contribution in [2.45, 2.75) is 9.92 Å². The topological polar surface area (TPSA) is 42.9 Å². The van der Waals surface area contributed by atoms with E-state index in [1.807, 2.05) is 24.3 Å². The summed E-state index contributed by atoms with van der Waals surface area (Å²) in [6.45, 7) is 0. The summed E-state index contributed by atoms with van der Waals surface area (Å²) in [6.07, 6.45) is 2.01. The van der Waals surface area contributed by atoms with Crippen molar-refractivity contribution in [2.75, 3.05) is 0 Å². The van der Waals surface area contributed by atoms with Gasteiger partial charge in [-0.15, -0.1) is 0 Å². The minimum Gasteiger partial charge on any atom is -0.298 e. The molecule has 0 fully saturated rings.